The van der Waals surface area contributed by atoms with Crippen LogP contribution in [0.15, 0.2) is 54.9 Å². The molecule has 1 amide bonds. The lowest BCUT2D eigenvalue weighted by Crippen LogP contribution is -2.36. The summed E-state index contributed by atoms with van der Waals surface area (Å²) in [6.07, 6.45) is 1.86. The predicted octanol–water partition coefficient (Wildman–Crippen LogP) is 2.47. The molecule has 6 nitrogen and oxygen atoms in total. The summed E-state index contributed by atoms with van der Waals surface area (Å²) in [5, 5.41) is 7.16. The number of benzene rings is 2. The highest BCUT2D eigenvalue weighted by Crippen LogP contribution is 2.26. The van der Waals surface area contributed by atoms with Gasteiger partial charge in [0.1, 0.15) is 12.1 Å². The van der Waals surface area contributed by atoms with E-state index >= 15 is 0 Å². The Morgan fingerprint density at radius 3 is 2.88 bits per heavy atom. The van der Waals surface area contributed by atoms with Crippen LogP contribution in [0.4, 0.5) is 5.82 Å². The molecule has 4 rings (SSSR count). The van der Waals surface area contributed by atoms with E-state index in [1.165, 1.54) is 11.9 Å². The van der Waals surface area contributed by atoms with Crippen LogP contribution in [0.25, 0.3) is 10.9 Å². The number of hydrogen-bond donors (Lipinski definition) is 2. The SMILES string of the molecule is O=C(NCCNc1ncnc2ccccc12)[C@@H]1OCCc2ccccc21. The van der Waals surface area contributed by atoms with Crippen molar-refractivity contribution in [2.75, 3.05) is 25.0 Å². The molecular formula is C20H20N4O2. The Balaban J connectivity index is 1.35. The van der Waals surface area contributed by atoms with Crippen LogP contribution in [0.1, 0.15) is 17.2 Å². The van der Waals surface area contributed by atoms with E-state index in [0.717, 1.165) is 28.7 Å². The Morgan fingerprint density at radius 1 is 1.08 bits per heavy atom. The first-order chi connectivity index (χ1) is 12.8. The highest BCUT2D eigenvalue weighted by atomic mass is 16.5. The lowest BCUT2D eigenvalue weighted by Gasteiger charge is -2.25. The topological polar surface area (TPSA) is 76.1 Å². The van der Waals surface area contributed by atoms with Gasteiger partial charge in [-0.05, 0) is 29.7 Å². The van der Waals surface area contributed by atoms with Crippen molar-refractivity contribution in [3.63, 3.8) is 0 Å². The van der Waals surface area contributed by atoms with Crippen molar-refractivity contribution in [3.05, 3.63) is 66.0 Å². The van der Waals surface area contributed by atoms with Crippen molar-refractivity contribution in [1.29, 1.82) is 0 Å². The van der Waals surface area contributed by atoms with E-state index in [-0.39, 0.29) is 5.91 Å². The minimum atomic E-state index is -0.528. The number of amides is 1. The van der Waals surface area contributed by atoms with Gasteiger partial charge in [0.25, 0.3) is 5.91 Å². The monoisotopic (exact) mass is 348 g/mol. The number of carbonyl (C=O) groups is 1. The molecule has 0 fully saturated rings. The highest BCUT2D eigenvalue weighted by Gasteiger charge is 2.26. The Bertz CT molecular complexity index is 923. The van der Waals surface area contributed by atoms with E-state index in [1.807, 2.05) is 42.5 Å². The highest BCUT2D eigenvalue weighted by molar-refractivity contribution is 5.88. The normalized spacial score (nSPS) is 16.1. The minimum absolute atomic E-state index is 0.105. The molecule has 0 radical (unpaired) electrons. The number of hydrogen-bond acceptors (Lipinski definition) is 5. The van der Waals surface area contributed by atoms with E-state index in [1.54, 1.807) is 0 Å². The summed E-state index contributed by atoms with van der Waals surface area (Å²) >= 11 is 0. The first kappa shape index (κ1) is 16.5. The first-order valence-electron chi connectivity index (χ1n) is 8.73. The number of carbonyl (C=O) groups excluding carboxylic acids is 1. The van der Waals surface area contributed by atoms with Crippen molar-refractivity contribution in [3.8, 4) is 0 Å². The number of nitrogens with one attached hydrogen (secondary N) is 2. The van der Waals surface area contributed by atoms with Crippen LogP contribution in [-0.4, -0.2) is 35.6 Å². The van der Waals surface area contributed by atoms with Crippen LogP contribution in [0.5, 0.6) is 0 Å². The number of para-hydroxylation sites is 1. The molecule has 132 valence electrons. The van der Waals surface area contributed by atoms with E-state index in [4.69, 9.17) is 4.74 Å². The molecule has 0 spiro atoms. The molecule has 0 bridgehead atoms. The number of ether oxygens (including phenoxy) is 1. The van der Waals surface area contributed by atoms with Gasteiger partial charge in [0.15, 0.2) is 6.10 Å². The number of fused-ring (bicyclic) bond motifs is 2. The van der Waals surface area contributed by atoms with Gasteiger partial charge in [0.05, 0.1) is 12.1 Å². The molecule has 3 aromatic rings. The van der Waals surface area contributed by atoms with Gasteiger partial charge in [-0.15, -0.1) is 0 Å². The fourth-order valence-electron chi connectivity index (χ4n) is 3.22. The van der Waals surface area contributed by atoms with E-state index in [2.05, 4.69) is 26.7 Å². The molecule has 0 unspecified atom stereocenters. The van der Waals surface area contributed by atoms with Crippen LogP contribution in [0.2, 0.25) is 0 Å². The molecule has 6 heteroatoms. The Labute approximate surface area is 151 Å². The van der Waals surface area contributed by atoms with Gasteiger partial charge in [0, 0.05) is 18.5 Å². The molecule has 1 aliphatic heterocycles. The molecular weight excluding hydrogens is 328 g/mol. The Morgan fingerprint density at radius 2 is 1.92 bits per heavy atom. The Hall–Kier alpha value is -2.99. The second-order valence-electron chi connectivity index (χ2n) is 6.16. The molecule has 1 aromatic heterocycles. The van der Waals surface area contributed by atoms with Crippen LogP contribution in [-0.2, 0) is 16.0 Å². The molecule has 2 heterocycles. The summed E-state index contributed by atoms with van der Waals surface area (Å²) in [6, 6.07) is 15.8. The van der Waals surface area contributed by atoms with Crippen molar-refractivity contribution in [2.24, 2.45) is 0 Å². The summed E-state index contributed by atoms with van der Waals surface area (Å²) < 4.78 is 5.69. The molecule has 2 N–H and O–H groups in total. The number of anilines is 1. The van der Waals surface area contributed by atoms with Crippen molar-refractivity contribution >= 4 is 22.6 Å². The second kappa shape index (κ2) is 7.49. The van der Waals surface area contributed by atoms with Gasteiger partial charge in [-0.2, -0.15) is 0 Å². The summed E-state index contributed by atoms with van der Waals surface area (Å²) in [4.78, 5) is 21.0. The zero-order valence-electron chi connectivity index (χ0n) is 14.3. The van der Waals surface area contributed by atoms with Gasteiger partial charge < -0.3 is 15.4 Å². The average molecular weight is 348 g/mol. The van der Waals surface area contributed by atoms with Gasteiger partial charge in [-0.3, -0.25) is 4.79 Å². The fraction of sp³-hybridized carbons (Fsp3) is 0.250. The standard InChI is InChI=1S/C20H20N4O2/c25-20(18-15-6-2-1-5-14(15)9-12-26-18)22-11-10-21-19-16-7-3-4-8-17(16)23-13-24-19/h1-8,13,18H,9-12H2,(H,22,25)(H,21,23,24)/t18-/m1/s1. The maximum Gasteiger partial charge on any atom is 0.253 e. The molecule has 0 saturated heterocycles. The van der Waals surface area contributed by atoms with Crippen LogP contribution in [0, 0.1) is 0 Å². The third-order valence-electron chi connectivity index (χ3n) is 4.49. The minimum Gasteiger partial charge on any atom is -0.368 e. The molecule has 1 aliphatic rings. The molecule has 0 aliphatic carbocycles. The first-order valence-corrected chi connectivity index (χ1v) is 8.73. The van der Waals surface area contributed by atoms with E-state index in [0.29, 0.717) is 19.7 Å². The van der Waals surface area contributed by atoms with E-state index < -0.39 is 6.10 Å². The summed E-state index contributed by atoms with van der Waals surface area (Å²) in [5.74, 6) is 0.663. The quantitative estimate of drug-likeness (QED) is 0.693. The summed E-state index contributed by atoms with van der Waals surface area (Å²) in [6.45, 7) is 1.63. The van der Waals surface area contributed by atoms with E-state index in [9.17, 15) is 4.79 Å². The molecule has 1 atom stereocenters. The number of aromatic nitrogens is 2. The lowest BCUT2D eigenvalue weighted by atomic mass is 9.97. The third kappa shape index (κ3) is 3.36. The van der Waals surface area contributed by atoms with Crippen molar-refractivity contribution < 1.29 is 9.53 Å². The zero-order valence-corrected chi connectivity index (χ0v) is 14.3. The van der Waals surface area contributed by atoms with Crippen molar-refractivity contribution in [2.45, 2.75) is 12.5 Å². The number of nitrogens with zero attached hydrogens (tertiary/aromatic N) is 2. The van der Waals surface area contributed by atoms with Gasteiger partial charge >= 0.3 is 0 Å². The van der Waals surface area contributed by atoms with Crippen LogP contribution in [0.3, 0.4) is 0 Å². The smallest absolute Gasteiger partial charge is 0.253 e. The van der Waals surface area contributed by atoms with Gasteiger partial charge in [-0.25, -0.2) is 9.97 Å². The molecule has 2 aromatic carbocycles. The average Bonchev–Trinajstić information content (AvgIpc) is 2.70. The third-order valence-corrected chi connectivity index (χ3v) is 4.49. The van der Waals surface area contributed by atoms with Gasteiger partial charge in [-0.1, -0.05) is 36.4 Å². The molecule has 26 heavy (non-hydrogen) atoms. The van der Waals surface area contributed by atoms with Crippen LogP contribution < -0.4 is 10.6 Å². The summed E-state index contributed by atoms with van der Waals surface area (Å²) in [5.41, 5.74) is 3.04. The zero-order chi connectivity index (χ0) is 17.8. The maximum absolute atomic E-state index is 12.5. The second-order valence-corrected chi connectivity index (χ2v) is 6.16. The molecule has 0 saturated carbocycles. The summed E-state index contributed by atoms with van der Waals surface area (Å²) in [7, 11) is 0. The Kier molecular flexibility index (Phi) is 4.75. The van der Waals surface area contributed by atoms with Crippen LogP contribution >= 0.6 is 0 Å². The van der Waals surface area contributed by atoms with Gasteiger partial charge in [0.2, 0.25) is 0 Å². The lowest BCUT2D eigenvalue weighted by molar-refractivity contribution is -0.134. The largest absolute Gasteiger partial charge is 0.368 e. The number of rotatable bonds is 5. The van der Waals surface area contributed by atoms with Crippen molar-refractivity contribution in [1.82, 2.24) is 15.3 Å². The fourth-order valence-corrected chi connectivity index (χ4v) is 3.22. The predicted molar refractivity (Wildman–Crippen MR) is 99.9 cm³/mol. The maximum atomic E-state index is 12.5.